The molecule has 0 fully saturated rings. The SMILES string of the molecule is CC(=O)[C@H](CCCCNC(=O)COCCOCCCC(=O)COCCOCCNC(=O)CC[C@H](CC(=O)CC[C@H](NC(=O)CC[C@H](NC(=O)CCCCCCCCCCCCC(=O)O)C(=O)O)C(=O)O)C(=O)O)CC(=O)[C@@H](C)CCCCNC(=O)COCCOCCNC(=O)COCCOCCCC(=O)CC[C@H](NC(=O)CC[C@H](NC(=O)CC[C@H](NC(=O)CCCCCCCCCCCCC(=O)O)C(=O)O)C(=O)O)C(=O)O. The van der Waals surface area contributed by atoms with Crippen molar-refractivity contribution in [3.05, 3.63) is 0 Å². The average molecular weight is 2100 g/mol. The number of carboxylic acids is 8. The highest BCUT2D eigenvalue weighted by Crippen LogP contribution is 2.22. The molecule has 47 heteroatoms. The summed E-state index contributed by atoms with van der Waals surface area (Å²) in [5, 5.41) is 97.8. The minimum absolute atomic E-state index is 0.0295. The molecular weight excluding hydrogens is 1940 g/mol. The van der Waals surface area contributed by atoms with Crippen molar-refractivity contribution < 1.29 is 184 Å². The van der Waals surface area contributed by atoms with Crippen molar-refractivity contribution >= 4 is 130 Å². The molecule has 0 radical (unpaired) electrons. The van der Waals surface area contributed by atoms with Crippen LogP contribution in [0, 0.1) is 17.8 Å². The van der Waals surface area contributed by atoms with E-state index in [1.165, 1.54) is 6.92 Å². The van der Waals surface area contributed by atoms with Gasteiger partial charge in [0.05, 0.1) is 72.0 Å². The lowest BCUT2D eigenvalue weighted by Crippen LogP contribution is -2.45. The Hall–Kier alpha value is -11.0. The highest BCUT2D eigenvalue weighted by Gasteiger charge is 2.31. The number of rotatable bonds is 105. The molecule has 0 saturated carbocycles. The predicted octanol–water partition coefficient (Wildman–Crippen LogP) is 6.14. The van der Waals surface area contributed by atoms with Crippen molar-refractivity contribution in [2.45, 2.75) is 352 Å². The van der Waals surface area contributed by atoms with Gasteiger partial charge in [0.2, 0.25) is 53.2 Å². The van der Waals surface area contributed by atoms with Crippen molar-refractivity contribution in [2.75, 3.05) is 132 Å². The van der Waals surface area contributed by atoms with Gasteiger partial charge in [0.15, 0.2) is 5.78 Å². The molecular formula is C100H167N9O38. The molecule has 0 saturated heterocycles. The average Bonchev–Trinajstić information content (AvgIpc) is 0.899. The molecule has 0 aliphatic carbocycles. The lowest BCUT2D eigenvalue weighted by Gasteiger charge is -2.18. The van der Waals surface area contributed by atoms with Crippen molar-refractivity contribution in [3.8, 4) is 0 Å². The number of ether oxygens (including phenoxy) is 8. The van der Waals surface area contributed by atoms with Crippen molar-refractivity contribution in [1.82, 2.24) is 47.9 Å². The largest absolute Gasteiger partial charge is 0.481 e. The first-order chi connectivity index (χ1) is 70.3. The molecule has 0 aliphatic rings. The zero-order valence-electron chi connectivity index (χ0n) is 86.0. The van der Waals surface area contributed by atoms with Gasteiger partial charge in [-0.1, -0.05) is 122 Å². The topological polar surface area (TPSA) is 719 Å². The molecule has 0 aromatic rings. The highest BCUT2D eigenvalue weighted by molar-refractivity contribution is 5.91. The predicted molar refractivity (Wildman–Crippen MR) is 528 cm³/mol. The number of unbranched alkanes of at least 4 members (excludes halogenated alkanes) is 20. The van der Waals surface area contributed by atoms with E-state index >= 15 is 0 Å². The molecule has 9 amide bonds. The normalized spacial score (nSPS) is 12.8. The Kier molecular flexibility index (Phi) is 83.4. The second-order valence-electron chi connectivity index (χ2n) is 36.4. The molecule has 840 valence electrons. The molecule has 0 spiro atoms. The first kappa shape index (κ1) is 136. The van der Waals surface area contributed by atoms with E-state index in [-0.39, 0.29) is 250 Å². The Morgan fingerprint density at radius 3 is 0.844 bits per heavy atom. The summed E-state index contributed by atoms with van der Waals surface area (Å²) in [6.45, 7) is 4.96. The summed E-state index contributed by atoms with van der Waals surface area (Å²) in [5.74, 6) is -18.5. The van der Waals surface area contributed by atoms with Gasteiger partial charge < -0.3 is 127 Å². The number of ketones is 5. The summed E-state index contributed by atoms with van der Waals surface area (Å²) in [5.41, 5.74) is 0. The van der Waals surface area contributed by atoms with E-state index in [9.17, 15) is 136 Å². The number of carbonyl (C=O) groups is 22. The first-order valence-corrected chi connectivity index (χ1v) is 51.8. The fourth-order valence-corrected chi connectivity index (χ4v) is 14.9. The summed E-state index contributed by atoms with van der Waals surface area (Å²) >= 11 is 0. The lowest BCUT2D eigenvalue weighted by molar-refractivity contribution is -0.145. The molecule has 147 heavy (non-hydrogen) atoms. The van der Waals surface area contributed by atoms with Crippen LogP contribution in [0.2, 0.25) is 0 Å². The maximum Gasteiger partial charge on any atom is 0.326 e. The molecule has 0 rings (SSSR count). The van der Waals surface area contributed by atoms with E-state index < -0.39 is 182 Å². The van der Waals surface area contributed by atoms with Crippen LogP contribution in [0.4, 0.5) is 0 Å². The summed E-state index contributed by atoms with van der Waals surface area (Å²) < 4.78 is 43.3. The second kappa shape index (κ2) is 90.1. The number of amides is 9. The van der Waals surface area contributed by atoms with Gasteiger partial charge >= 0.3 is 47.8 Å². The van der Waals surface area contributed by atoms with Gasteiger partial charge in [0.25, 0.3) is 0 Å². The van der Waals surface area contributed by atoms with Gasteiger partial charge in [-0.05, 0) is 110 Å². The molecule has 0 unspecified atom stereocenters. The van der Waals surface area contributed by atoms with Crippen LogP contribution in [0.5, 0.6) is 0 Å². The number of aliphatic carboxylic acids is 8. The van der Waals surface area contributed by atoms with Gasteiger partial charge in [-0.2, -0.15) is 0 Å². The van der Waals surface area contributed by atoms with Gasteiger partial charge in [0.1, 0.15) is 79.8 Å². The third-order valence-electron chi connectivity index (χ3n) is 23.5. The van der Waals surface area contributed by atoms with Crippen LogP contribution in [0.3, 0.4) is 0 Å². The fourth-order valence-electron chi connectivity index (χ4n) is 14.9. The maximum atomic E-state index is 13.1. The molecule has 0 aromatic carbocycles. The third-order valence-corrected chi connectivity index (χ3v) is 23.5. The highest BCUT2D eigenvalue weighted by atomic mass is 16.5. The van der Waals surface area contributed by atoms with Crippen LogP contribution in [0.15, 0.2) is 0 Å². The Morgan fingerprint density at radius 2 is 0.497 bits per heavy atom. The van der Waals surface area contributed by atoms with E-state index in [1.54, 1.807) is 0 Å². The van der Waals surface area contributed by atoms with Crippen LogP contribution in [0.1, 0.15) is 322 Å². The van der Waals surface area contributed by atoms with Gasteiger partial charge in [0, 0.05) is 141 Å². The molecule has 47 nitrogen and oxygen atoms in total. The minimum atomic E-state index is -1.59. The number of carboxylic acid groups (broad SMARTS) is 8. The van der Waals surface area contributed by atoms with Gasteiger partial charge in [-0.25, -0.2) is 24.0 Å². The zero-order chi connectivity index (χ0) is 109. The third kappa shape index (κ3) is 83.6. The second-order valence-corrected chi connectivity index (χ2v) is 36.4. The zero-order valence-corrected chi connectivity index (χ0v) is 86.0. The number of hydrogen-bond donors (Lipinski definition) is 17. The smallest absolute Gasteiger partial charge is 0.326 e. The van der Waals surface area contributed by atoms with Crippen molar-refractivity contribution in [3.63, 3.8) is 0 Å². The summed E-state index contributed by atoms with van der Waals surface area (Å²) in [6, 6.07) is -7.46. The fraction of sp³-hybridized carbons (Fsp3) is 0.780. The number of carbonyl (C=O) groups excluding carboxylic acids is 14. The van der Waals surface area contributed by atoms with E-state index in [1.807, 2.05) is 6.92 Å². The van der Waals surface area contributed by atoms with E-state index in [0.29, 0.717) is 83.7 Å². The lowest BCUT2D eigenvalue weighted by atomic mass is 9.87. The molecule has 0 aromatic heterocycles. The van der Waals surface area contributed by atoms with E-state index in [2.05, 4.69) is 47.9 Å². The Balaban J connectivity index is 4.10. The van der Waals surface area contributed by atoms with Crippen LogP contribution >= 0.6 is 0 Å². The van der Waals surface area contributed by atoms with E-state index in [4.69, 9.17) is 48.1 Å². The van der Waals surface area contributed by atoms with Crippen LogP contribution in [-0.4, -0.2) is 333 Å². The quantitative estimate of drug-likeness (QED) is 0.0304. The first-order valence-electron chi connectivity index (χ1n) is 51.8. The van der Waals surface area contributed by atoms with Crippen LogP contribution in [-0.2, 0) is 143 Å². The summed E-state index contributed by atoms with van der Waals surface area (Å²) in [4.78, 5) is 268. The number of nitrogens with one attached hydrogen (secondary N) is 9. The Bertz CT molecular complexity index is 3890. The molecule has 17 N–H and O–H groups in total. The van der Waals surface area contributed by atoms with E-state index in [0.717, 1.165) is 103 Å². The number of Topliss-reactive ketones (excluding diaryl/α,β-unsaturated/α-hetero) is 5. The monoisotopic (exact) mass is 2100 g/mol. The minimum Gasteiger partial charge on any atom is -0.481 e. The van der Waals surface area contributed by atoms with Crippen molar-refractivity contribution in [2.24, 2.45) is 17.8 Å². The maximum absolute atomic E-state index is 13.1. The van der Waals surface area contributed by atoms with Gasteiger partial charge in [-0.3, -0.25) is 81.5 Å². The molecule has 0 heterocycles. The van der Waals surface area contributed by atoms with Crippen LogP contribution < -0.4 is 47.9 Å². The van der Waals surface area contributed by atoms with Crippen molar-refractivity contribution in [1.29, 1.82) is 0 Å². The number of hydrogen-bond acceptors (Lipinski definition) is 30. The molecule has 8 atom stereocenters. The summed E-state index contributed by atoms with van der Waals surface area (Å²) in [7, 11) is 0. The summed E-state index contributed by atoms with van der Waals surface area (Å²) in [6.07, 6.45) is 17.7. The standard InChI is InChI=1S/C100H167N9O38/c1-71(29-23-25-49-101-90(121)69-147-64-60-143-56-52-104-92(123)70-146-63-57-140-53-27-31-75(111)38-40-78(96(130)131)107-87(118)48-44-82(100(138)139)109-89(120)47-43-81(99(136)137)106-86(117)34-20-16-12-8-4-6-10-14-18-22-36-94(126)127)83(114)66-73(72(2)110)30-24-26-50-102-91(122)68-145-62-58-141-54-28-32-77(113)67-144-61-59-142-55-51-103-84(115)45-37-74(95(128)129)65-76(112)39-41-79(97(132)133)108-88(119)46-42-80(98(134)135)105-85(116)33-19-15-11-7-3-5-9-13-17-21-35-93(124)125/h71,73-74,78-82H,3-70H2,1-2H3,(H,101,121)(H,102,122)(H,103,115)(H,104,123)(H,105,116)(H,106,117)(H,107,118)(H,108,119)(H,109,120)(H,124,125)(H,126,127)(H,128,129)(H,130,131)(H,132,133)(H,134,135)(H,136,137)(H,138,139)/t71-,73+,74+,78-,79-,80-,81-,82-/m0/s1. The Labute approximate surface area is 860 Å². The van der Waals surface area contributed by atoms with Crippen LogP contribution in [0.25, 0.3) is 0 Å². The molecule has 0 bridgehead atoms. The Morgan fingerprint density at radius 1 is 0.211 bits per heavy atom. The molecule has 0 aliphatic heterocycles. The van der Waals surface area contributed by atoms with Gasteiger partial charge in [-0.15, -0.1) is 0 Å².